The van der Waals surface area contributed by atoms with E-state index < -0.39 is 10.0 Å². The number of fused-ring (bicyclic) bond motifs is 1. The fraction of sp³-hybridized carbons (Fsp3) is 0.400. The molecule has 1 aromatic rings. The maximum Gasteiger partial charge on any atom is 0.208 e. The number of benzene rings is 1. The first-order chi connectivity index (χ1) is 7.94. The van der Waals surface area contributed by atoms with Gasteiger partial charge in [-0.25, -0.2) is 13.1 Å². The first kappa shape index (κ1) is 15.4. The fourth-order valence-electron chi connectivity index (χ4n) is 1.43. The summed E-state index contributed by atoms with van der Waals surface area (Å²) in [5.74, 6) is 1.15. The zero-order valence-corrected chi connectivity index (χ0v) is 12.2. The van der Waals surface area contributed by atoms with Gasteiger partial charge in [-0.3, -0.25) is 0 Å². The molecule has 0 amide bonds. The van der Waals surface area contributed by atoms with Crippen molar-refractivity contribution in [2.75, 3.05) is 19.4 Å². The van der Waals surface area contributed by atoms with Gasteiger partial charge in [0.2, 0.25) is 10.0 Å². The SMILES string of the molecule is CS(=O)(=O)NC[C@H]1COc2cc(Cl)ccc2O1.S. The van der Waals surface area contributed by atoms with Gasteiger partial charge in [0.1, 0.15) is 12.7 Å². The van der Waals surface area contributed by atoms with Crippen molar-refractivity contribution >= 4 is 35.1 Å². The standard InChI is InChI=1S/C10H12ClNO4S.H2S/c1-17(13,14)12-5-8-6-15-10-4-7(11)2-3-9(10)16-8;/h2-4,8,12H,5-6H2,1H3;1H2/t8-;/m0./s1. The van der Waals surface area contributed by atoms with Crippen LogP contribution in [0.1, 0.15) is 0 Å². The summed E-state index contributed by atoms with van der Waals surface area (Å²) in [5.41, 5.74) is 0. The lowest BCUT2D eigenvalue weighted by molar-refractivity contribution is 0.0943. The zero-order chi connectivity index (χ0) is 12.5. The van der Waals surface area contributed by atoms with Gasteiger partial charge in [-0.2, -0.15) is 13.5 Å². The molecule has 1 aliphatic heterocycles. The van der Waals surface area contributed by atoms with E-state index in [1.54, 1.807) is 18.2 Å². The minimum absolute atomic E-state index is 0. The Bertz CT molecular complexity index is 521. The summed E-state index contributed by atoms with van der Waals surface area (Å²) in [5, 5.41) is 0.570. The number of hydrogen-bond donors (Lipinski definition) is 1. The Labute approximate surface area is 118 Å². The van der Waals surface area contributed by atoms with Crippen molar-refractivity contribution in [3.8, 4) is 11.5 Å². The van der Waals surface area contributed by atoms with Crippen LogP contribution in [-0.2, 0) is 10.0 Å². The first-order valence-electron chi connectivity index (χ1n) is 4.98. The van der Waals surface area contributed by atoms with Crippen LogP contribution in [0, 0.1) is 0 Å². The van der Waals surface area contributed by atoms with Gasteiger partial charge in [0.05, 0.1) is 12.8 Å². The molecule has 2 rings (SSSR count). The molecule has 1 aliphatic rings. The van der Waals surface area contributed by atoms with E-state index in [-0.39, 0.29) is 32.8 Å². The van der Waals surface area contributed by atoms with Crippen LogP contribution in [0.5, 0.6) is 11.5 Å². The highest BCUT2D eigenvalue weighted by Gasteiger charge is 2.21. The van der Waals surface area contributed by atoms with Crippen molar-refractivity contribution in [1.29, 1.82) is 0 Å². The van der Waals surface area contributed by atoms with E-state index in [0.29, 0.717) is 16.5 Å². The van der Waals surface area contributed by atoms with Crippen LogP contribution in [0.25, 0.3) is 0 Å². The quantitative estimate of drug-likeness (QED) is 0.909. The molecule has 0 fully saturated rings. The van der Waals surface area contributed by atoms with Crippen molar-refractivity contribution in [2.24, 2.45) is 0 Å². The van der Waals surface area contributed by atoms with Crippen molar-refractivity contribution in [2.45, 2.75) is 6.10 Å². The third kappa shape index (κ3) is 4.24. The van der Waals surface area contributed by atoms with E-state index in [1.165, 1.54) is 0 Å². The average molecular weight is 312 g/mol. The minimum atomic E-state index is -3.21. The summed E-state index contributed by atoms with van der Waals surface area (Å²) in [6.45, 7) is 0.469. The highest BCUT2D eigenvalue weighted by molar-refractivity contribution is 7.88. The Morgan fingerprint density at radius 1 is 1.44 bits per heavy atom. The summed E-state index contributed by atoms with van der Waals surface area (Å²) >= 11 is 5.81. The molecule has 0 saturated carbocycles. The zero-order valence-electron chi connectivity index (χ0n) is 9.64. The van der Waals surface area contributed by atoms with E-state index >= 15 is 0 Å². The monoisotopic (exact) mass is 311 g/mol. The molecule has 1 aromatic carbocycles. The van der Waals surface area contributed by atoms with Crippen LogP contribution < -0.4 is 14.2 Å². The molecule has 5 nitrogen and oxygen atoms in total. The molecule has 0 bridgehead atoms. The lowest BCUT2D eigenvalue weighted by Gasteiger charge is -2.26. The minimum Gasteiger partial charge on any atom is -0.486 e. The van der Waals surface area contributed by atoms with Crippen molar-refractivity contribution in [3.05, 3.63) is 23.2 Å². The topological polar surface area (TPSA) is 64.6 Å². The molecule has 8 heteroatoms. The largest absolute Gasteiger partial charge is 0.486 e. The number of nitrogens with one attached hydrogen (secondary N) is 1. The Kier molecular flexibility index (Phi) is 5.15. The van der Waals surface area contributed by atoms with Crippen molar-refractivity contribution < 1.29 is 17.9 Å². The molecular weight excluding hydrogens is 298 g/mol. The second-order valence-corrected chi connectivity index (χ2v) is 6.03. The summed E-state index contributed by atoms with van der Waals surface area (Å²) in [6, 6.07) is 5.05. The molecule has 0 aromatic heterocycles. The Hall–Kier alpha value is -0.630. The molecule has 1 atom stereocenters. The Morgan fingerprint density at radius 2 is 2.17 bits per heavy atom. The average Bonchev–Trinajstić information content (AvgIpc) is 2.25. The lowest BCUT2D eigenvalue weighted by Crippen LogP contribution is -2.40. The molecule has 0 aliphatic carbocycles. The van der Waals surface area contributed by atoms with Crippen LogP contribution in [-0.4, -0.2) is 33.9 Å². The Morgan fingerprint density at radius 3 is 2.83 bits per heavy atom. The highest BCUT2D eigenvalue weighted by atomic mass is 35.5. The third-order valence-electron chi connectivity index (χ3n) is 2.20. The molecule has 0 spiro atoms. The smallest absolute Gasteiger partial charge is 0.208 e. The highest BCUT2D eigenvalue weighted by Crippen LogP contribution is 2.33. The van der Waals surface area contributed by atoms with Crippen LogP contribution >= 0.6 is 25.1 Å². The van der Waals surface area contributed by atoms with E-state index in [9.17, 15) is 8.42 Å². The van der Waals surface area contributed by atoms with Gasteiger partial charge in [-0.05, 0) is 12.1 Å². The van der Waals surface area contributed by atoms with Crippen LogP contribution in [0.15, 0.2) is 18.2 Å². The molecule has 0 radical (unpaired) electrons. The molecule has 0 unspecified atom stereocenters. The summed E-state index contributed by atoms with van der Waals surface area (Å²) in [4.78, 5) is 0. The van der Waals surface area contributed by atoms with Gasteiger partial charge in [0.15, 0.2) is 11.5 Å². The van der Waals surface area contributed by atoms with Gasteiger partial charge in [-0.1, -0.05) is 11.6 Å². The van der Waals surface area contributed by atoms with Crippen LogP contribution in [0.2, 0.25) is 5.02 Å². The molecule has 1 heterocycles. The molecule has 18 heavy (non-hydrogen) atoms. The number of halogens is 1. The van der Waals surface area contributed by atoms with Gasteiger partial charge < -0.3 is 9.47 Å². The van der Waals surface area contributed by atoms with Gasteiger partial charge in [0, 0.05) is 11.1 Å². The number of ether oxygens (including phenoxy) is 2. The van der Waals surface area contributed by atoms with Gasteiger partial charge in [0.25, 0.3) is 0 Å². The maximum absolute atomic E-state index is 10.9. The van der Waals surface area contributed by atoms with Crippen LogP contribution in [0.4, 0.5) is 0 Å². The first-order valence-corrected chi connectivity index (χ1v) is 7.24. The van der Waals surface area contributed by atoms with Crippen molar-refractivity contribution in [3.63, 3.8) is 0 Å². The predicted octanol–water partition coefficient (Wildman–Crippen LogP) is 1.14. The molecule has 0 saturated heterocycles. The van der Waals surface area contributed by atoms with Crippen molar-refractivity contribution in [1.82, 2.24) is 4.72 Å². The summed E-state index contributed by atoms with van der Waals surface area (Å²) in [7, 11) is -3.21. The lowest BCUT2D eigenvalue weighted by atomic mass is 10.2. The van der Waals surface area contributed by atoms with E-state index in [0.717, 1.165) is 6.26 Å². The molecule has 1 N–H and O–H groups in total. The fourth-order valence-corrected chi connectivity index (χ4v) is 2.08. The Balaban J connectivity index is 0.00000162. The summed E-state index contributed by atoms with van der Waals surface area (Å²) < 4.78 is 35.3. The van der Waals surface area contributed by atoms with E-state index in [4.69, 9.17) is 21.1 Å². The van der Waals surface area contributed by atoms with E-state index in [1.807, 2.05) is 0 Å². The second kappa shape index (κ2) is 6.01. The maximum atomic E-state index is 10.9. The molecule has 102 valence electrons. The summed E-state index contributed by atoms with van der Waals surface area (Å²) in [6.07, 6.45) is 0.767. The van der Waals surface area contributed by atoms with E-state index in [2.05, 4.69) is 4.72 Å². The number of sulfonamides is 1. The number of rotatable bonds is 3. The second-order valence-electron chi connectivity index (χ2n) is 3.76. The predicted molar refractivity (Wildman–Crippen MR) is 74.6 cm³/mol. The number of hydrogen-bond acceptors (Lipinski definition) is 4. The van der Waals surface area contributed by atoms with Gasteiger partial charge in [-0.15, -0.1) is 0 Å². The normalized spacial score (nSPS) is 18.0. The van der Waals surface area contributed by atoms with Gasteiger partial charge >= 0.3 is 0 Å². The van der Waals surface area contributed by atoms with Crippen LogP contribution in [0.3, 0.4) is 0 Å². The molecular formula is C10H14ClNO4S2. The third-order valence-corrected chi connectivity index (χ3v) is 3.12.